The molecule has 0 unspecified atom stereocenters. The molecule has 0 radical (unpaired) electrons. The number of anilines is 1. The van der Waals surface area contributed by atoms with Crippen LogP contribution in [0.1, 0.15) is 10.4 Å². The number of fused-ring (bicyclic) bond motifs is 1. The first-order valence-electron chi connectivity index (χ1n) is 7.81. The Morgan fingerprint density at radius 3 is 2.56 bits per heavy atom. The number of halogens is 1. The second kappa shape index (κ2) is 7.11. The smallest absolute Gasteiger partial charge is 0.256 e. The van der Waals surface area contributed by atoms with E-state index >= 15 is 0 Å². The van der Waals surface area contributed by atoms with E-state index in [4.69, 9.17) is 0 Å². The second-order valence-corrected chi connectivity index (χ2v) is 6.71. The molecule has 2 amide bonds. The number of hydrogen-bond acceptors (Lipinski definition) is 2. The maximum Gasteiger partial charge on any atom is 0.256 e. The van der Waals surface area contributed by atoms with Crippen molar-refractivity contribution in [3.8, 4) is 0 Å². The topological polar surface area (TPSA) is 54.3 Å². The Balaban J connectivity index is 1.74. The van der Waals surface area contributed by atoms with Crippen molar-refractivity contribution in [1.29, 1.82) is 0 Å². The lowest BCUT2D eigenvalue weighted by molar-refractivity contribution is -0.116. The third-order valence-electron chi connectivity index (χ3n) is 4.00. The van der Waals surface area contributed by atoms with Crippen molar-refractivity contribution >= 4 is 44.3 Å². The Labute approximate surface area is 154 Å². The Morgan fingerprint density at radius 1 is 1.12 bits per heavy atom. The lowest BCUT2D eigenvalue weighted by Crippen LogP contribution is -2.34. The fourth-order valence-corrected chi connectivity index (χ4v) is 3.14. The van der Waals surface area contributed by atoms with E-state index in [1.165, 1.54) is 4.90 Å². The predicted octanol–water partition coefficient (Wildman–Crippen LogP) is 3.65. The van der Waals surface area contributed by atoms with E-state index in [0.717, 1.165) is 15.4 Å². The third kappa shape index (κ3) is 3.58. The van der Waals surface area contributed by atoms with Crippen LogP contribution in [0, 0.1) is 0 Å². The highest BCUT2D eigenvalue weighted by atomic mass is 79.9. The van der Waals surface area contributed by atoms with Gasteiger partial charge in [0.1, 0.15) is 0 Å². The van der Waals surface area contributed by atoms with Crippen molar-refractivity contribution in [3.63, 3.8) is 0 Å². The average Bonchev–Trinajstić information content (AvgIpc) is 2.93. The van der Waals surface area contributed by atoms with Gasteiger partial charge in [-0.25, -0.2) is 0 Å². The van der Waals surface area contributed by atoms with Gasteiger partial charge >= 0.3 is 0 Å². The average molecular weight is 400 g/mol. The molecule has 1 N–H and O–H groups in total. The van der Waals surface area contributed by atoms with E-state index in [9.17, 15) is 9.59 Å². The van der Waals surface area contributed by atoms with E-state index in [1.54, 1.807) is 19.3 Å². The predicted molar refractivity (Wildman–Crippen MR) is 103 cm³/mol. The maximum absolute atomic E-state index is 12.8. The molecule has 1 aromatic heterocycles. The number of benzene rings is 2. The summed E-state index contributed by atoms with van der Waals surface area (Å²) < 4.78 is 2.71. The lowest BCUT2D eigenvalue weighted by Gasteiger charge is -2.17. The molecular formula is C19H18BrN3O2. The van der Waals surface area contributed by atoms with Crippen LogP contribution < -0.4 is 5.32 Å². The van der Waals surface area contributed by atoms with Crippen LogP contribution in [-0.4, -0.2) is 34.9 Å². The molecule has 0 aliphatic rings. The number of carbonyl (C=O) groups excluding carboxylic acids is 2. The molecule has 0 fully saturated rings. The van der Waals surface area contributed by atoms with Gasteiger partial charge in [0.05, 0.1) is 17.8 Å². The van der Waals surface area contributed by atoms with Gasteiger partial charge in [-0.05, 0) is 34.1 Å². The summed E-state index contributed by atoms with van der Waals surface area (Å²) in [6, 6.07) is 15.1. The summed E-state index contributed by atoms with van der Waals surface area (Å²) in [5.41, 5.74) is 2.25. The molecule has 6 heteroatoms. The van der Waals surface area contributed by atoms with E-state index in [-0.39, 0.29) is 18.4 Å². The van der Waals surface area contributed by atoms with Gasteiger partial charge in [0.2, 0.25) is 5.91 Å². The fourth-order valence-electron chi connectivity index (χ4n) is 2.76. The third-order valence-corrected chi connectivity index (χ3v) is 4.69. The zero-order chi connectivity index (χ0) is 18.0. The normalized spacial score (nSPS) is 10.7. The van der Waals surface area contributed by atoms with Gasteiger partial charge in [-0.1, -0.05) is 30.3 Å². The zero-order valence-electron chi connectivity index (χ0n) is 14.0. The van der Waals surface area contributed by atoms with E-state index in [0.29, 0.717) is 11.3 Å². The zero-order valence-corrected chi connectivity index (χ0v) is 15.6. The Bertz CT molecular complexity index is 949. The van der Waals surface area contributed by atoms with Crippen molar-refractivity contribution in [1.82, 2.24) is 9.47 Å². The molecule has 0 saturated heterocycles. The summed E-state index contributed by atoms with van der Waals surface area (Å²) in [5, 5.41) is 3.69. The van der Waals surface area contributed by atoms with Crippen LogP contribution in [0.5, 0.6) is 0 Å². The number of para-hydroxylation sites is 2. The minimum absolute atomic E-state index is 0.0244. The number of nitrogens with one attached hydrogen (secondary N) is 1. The van der Waals surface area contributed by atoms with Crippen molar-refractivity contribution in [2.75, 3.05) is 18.9 Å². The van der Waals surface area contributed by atoms with Gasteiger partial charge in [0, 0.05) is 35.7 Å². The number of amides is 2. The Kier molecular flexibility index (Phi) is 4.90. The number of carbonyl (C=O) groups is 2. The highest BCUT2D eigenvalue weighted by Crippen LogP contribution is 2.22. The molecule has 0 saturated carbocycles. The SMILES string of the molecule is CN(CC(=O)Nc1ccccc1Br)C(=O)c1cn(C)c2ccccc12. The Hall–Kier alpha value is -2.60. The lowest BCUT2D eigenvalue weighted by atomic mass is 10.1. The number of likely N-dealkylation sites (N-methyl/N-ethyl adjacent to an activating group) is 1. The molecule has 128 valence electrons. The molecule has 0 spiro atoms. The van der Waals surface area contributed by atoms with Crippen LogP contribution in [0.3, 0.4) is 0 Å². The number of hydrogen-bond donors (Lipinski definition) is 1. The minimum atomic E-state index is -0.247. The molecule has 25 heavy (non-hydrogen) atoms. The van der Waals surface area contributed by atoms with Crippen LogP contribution in [-0.2, 0) is 11.8 Å². The van der Waals surface area contributed by atoms with Gasteiger partial charge in [-0.2, -0.15) is 0 Å². The van der Waals surface area contributed by atoms with Crippen LogP contribution in [0.15, 0.2) is 59.2 Å². The summed E-state index contributed by atoms with van der Waals surface area (Å²) in [6.45, 7) is -0.0244. The summed E-state index contributed by atoms with van der Waals surface area (Å²) in [4.78, 5) is 26.4. The highest BCUT2D eigenvalue weighted by molar-refractivity contribution is 9.10. The van der Waals surface area contributed by atoms with Gasteiger partial charge in [-0.3, -0.25) is 9.59 Å². The van der Waals surface area contributed by atoms with Crippen LogP contribution in [0.2, 0.25) is 0 Å². The number of nitrogens with zero attached hydrogens (tertiary/aromatic N) is 2. The molecule has 0 atom stereocenters. The van der Waals surface area contributed by atoms with E-state index < -0.39 is 0 Å². The molecule has 0 aliphatic heterocycles. The molecule has 3 rings (SSSR count). The van der Waals surface area contributed by atoms with Crippen molar-refractivity contribution in [2.45, 2.75) is 0 Å². The molecule has 0 bridgehead atoms. The summed E-state index contributed by atoms with van der Waals surface area (Å²) in [7, 11) is 3.53. The highest BCUT2D eigenvalue weighted by Gasteiger charge is 2.19. The molecule has 0 aliphatic carbocycles. The standard InChI is InChI=1S/C19H18BrN3O2/c1-22-11-14(13-7-3-6-10-17(13)22)19(25)23(2)12-18(24)21-16-9-5-4-8-15(16)20/h3-11H,12H2,1-2H3,(H,21,24). The molecule has 1 heterocycles. The number of aryl methyl sites for hydroxylation is 1. The van der Waals surface area contributed by atoms with E-state index in [2.05, 4.69) is 21.2 Å². The van der Waals surface area contributed by atoms with Crippen molar-refractivity contribution in [2.24, 2.45) is 7.05 Å². The first-order valence-corrected chi connectivity index (χ1v) is 8.60. The van der Waals surface area contributed by atoms with Crippen LogP contribution in [0.25, 0.3) is 10.9 Å². The van der Waals surface area contributed by atoms with Crippen molar-refractivity contribution < 1.29 is 9.59 Å². The van der Waals surface area contributed by atoms with Crippen LogP contribution in [0.4, 0.5) is 5.69 Å². The quantitative estimate of drug-likeness (QED) is 0.727. The number of aromatic nitrogens is 1. The first kappa shape index (κ1) is 17.2. The molecule has 3 aromatic rings. The van der Waals surface area contributed by atoms with Gasteiger partial charge in [0.15, 0.2) is 0 Å². The van der Waals surface area contributed by atoms with Crippen molar-refractivity contribution in [3.05, 3.63) is 64.8 Å². The van der Waals surface area contributed by atoms with E-state index in [1.807, 2.05) is 54.1 Å². The van der Waals surface area contributed by atoms with Crippen LogP contribution >= 0.6 is 15.9 Å². The van der Waals surface area contributed by atoms with Gasteiger partial charge in [-0.15, -0.1) is 0 Å². The second-order valence-electron chi connectivity index (χ2n) is 5.86. The summed E-state index contributed by atoms with van der Waals surface area (Å²) in [5.74, 6) is -0.429. The van der Waals surface area contributed by atoms with Gasteiger partial charge in [0.25, 0.3) is 5.91 Å². The summed E-state index contributed by atoms with van der Waals surface area (Å²) >= 11 is 3.39. The largest absolute Gasteiger partial charge is 0.350 e. The molecule has 2 aromatic carbocycles. The monoisotopic (exact) mass is 399 g/mol. The Morgan fingerprint density at radius 2 is 1.80 bits per heavy atom. The fraction of sp³-hybridized carbons (Fsp3) is 0.158. The minimum Gasteiger partial charge on any atom is -0.350 e. The number of rotatable bonds is 4. The maximum atomic E-state index is 12.8. The van der Waals surface area contributed by atoms with Gasteiger partial charge < -0.3 is 14.8 Å². The summed E-state index contributed by atoms with van der Waals surface area (Å²) in [6.07, 6.45) is 1.80. The first-order chi connectivity index (χ1) is 12.0. The molecular weight excluding hydrogens is 382 g/mol. The molecule has 5 nitrogen and oxygen atoms in total.